The molecule has 0 bridgehead atoms. The first kappa shape index (κ1) is 19.5. The molecule has 0 saturated carbocycles. The van der Waals surface area contributed by atoms with Crippen LogP contribution in [0.4, 0.5) is 0 Å². The van der Waals surface area contributed by atoms with Crippen LogP contribution in [0.2, 0.25) is 0 Å². The Balaban J connectivity index is 1.51. The molecule has 0 aromatic heterocycles. The maximum absolute atomic E-state index is 11.4. The van der Waals surface area contributed by atoms with Gasteiger partial charge in [0.05, 0.1) is 13.5 Å². The summed E-state index contributed by atoms with van der Waals surface area (Å²) in [6, 6.07) is 23.1. The molecule has 3 aromatic carbocycles. The minimum absolute atomic E-state index is 0.221. The second-order valence-electron chi connectivity index (χ2n) is 6.72. The fraction of sp³-hybridized carbons (Fsp3) is 0.167. The van der Waals surface area contributed by atoms with E-state index >= 15 is 0 Å². The molecule has 0 unspecified atom stereocenters. The van der Waals surface area contributed by atoms with E-state index in [0.717, 1.165) is 28.0 Å². The summed E-state index contributed by atoms with van der Waals surface area (Å²) in [5, 5.41) is 4.42. The zero-order valence-electron chi connectivity index (χ0n) is 16.5. The third-order valence-corrected chi connectivity index (χ3v) is 4.68. The van der Waals surface area contributed by atoms with Crippen LogP contribution in [0.1, 0.15) is 22.3 Å². The van der Waals surface area contributed by atoms with Gasteiger partial charge < -0.3 is 19.0 Å². The average Bonchev–Trinajstić information content (AvgIpc) is 3.26. The van der Waals surface area contributed by atoms with E-state index in [1.807, 2.05) is 72.8 Å². The first-order valence-electron chi connectivity index (χ1n) is 9.53. The van der Waals surface area contributed by atoms with Gasteiger partial charge in [-0.25, -0.2) is 0 Å². The average molecular weight is 403 g/mol. The number of nitrogens with zero attached hydrogens (tertiary/aromatic N) is 1. The maximum atomic E-state index is 11.4. The van der Waals surface area contributed by atoms with E-state index in [0.29, 0.717) is 18.1 Å². The molecular weight excluding hydrogens is 382 g/mol. The molecule has 0 amide bonds. The lowest BCUT2D eigenvalue weighted by Crippen LogP contribution is -2.05. The SMILES string of the molecule is COC(=O)Cc1ccc(CO/N=C(\c2ccccc2)c2ccc3c(c2)OCO3)cc1. The van der Waals surface area contributed by atoms with Crippen LogP contribution in [0.3, 0.4) is 0 Å². The number of carbonyl (C=O) groups is 1. The quantitative estimate of drug-likeness (QED) is 0.338. The predicted octanol–water partition coefficient (Wildman–Crippen LogP) is 4.10. The van der Waals surface area contributed by atoms with Crippen LogP contribution >= 0.6 is 0 Å². The van der Waals surface area contributed by atoms with E-state index in [1.165, 1.54) is 7.11 Å². The first-order valence-corrected chi connectivity index (χ1v) is 9.53. The van der Waals surface area contributed by atoms with Crippen molar-refractivity contribution < 1.29 is 23.8 Å². The molecule has 0 aliphatic carbocycles. The van der Waals surface area contributed by atoms with Crippen molar-refractivity contribution in [2.75, 3.05) is 13.9 Å². The largest absolute Gasteiger partial charge is 0.469 e. The minimum atomic E-state index is -0.264. The van der Waals surface area contributed by atoms with E-state index in [4.69, 9.17) is 14.3 Å². The minimum Gasteiger partial charge on any atom is -0.469 e. The molecule has 0 atom stereocenters. The molecule has 152 valence electrons. The molecule has 0 saturated heterocycles. The predicted molar refractivity (Wildman–Crippen MR) is 112 cm³/mol. The molecule has 6 heteroatoms. The molecule has 6 nitrogen and oxygen atoms in total. The fourth-order valence-corrected chi connectivity index (χ4v) is 3.08. The van der Waals surface area contributed by atoms with Gasteiger partial charge in [0.2, 0.25) is 6.79 Å². The Morgan fingerprint density at radius 2 is 1.63 bits per heavy atom. The Morgan fingerprint density at radius 3 is 2.40 bits per heavy atom. The van der Waals surface area contributed by atoms with Gasteiger partial charge in [-0.05, 0) is 29.3 Å². The Morgan fingerprint density at radius 1 is 0.900 bits per heavy atom. The molecule has 1 aliphatic rings. The van der Waals surface area contributed by atoms with Crippen molar-refractivity contribution in [2.24, 2.45) is 5.16 Å². The number of fused-ring (bicyclic) bond motifs is 1. The number of oxime groups is 1. The Bertz CT molecular complexity index is 1040. The van der Waals surface area contributed by atoms with Gasteiger partial charge in [-0.3, -0.25) is 4.79 Å². The summed E-state index contributed by atoms with van der Waals surface area (Å²) in [5.74, 6) is 1.15. The number of esters is 1. The number of benzene rings is 3. The monoisotopic (exact) mass is 403 g/mol. The normalized spacial score (nSPS) is 12.5. The smallest absolute Gasteiger partial charge is 0.309 e. The van der Waals surface area contributed by atoms with Crippen LogP contribution in [-0.2, 0) is 27.4 Å². The third-order valence-electron chi connectivity index (χ3n) is 4.68. The van der Waals surface area contributed by atoms with Gasteiger partial charge in [0.25, 0.3) is 0 Å². The second kappa shape index (κ2) is 9.13. The lowest BCUT2D eigenvalue weighted by Gasteiger charge is -2.09. The van der Waals surface area contributed by atoms with Gasteiger partial charge in [-0.1, -0.05) is 59.8 Å². The van der Waals surface area contributed by atoms with Crippen molar-refractivity contribution in [1.29, 1.82) is 0 Å². The number of rotatable bonds is 7. The first-order chi connectivity index (χ1) is 14.7. The Kier molecular flexibility index (Phi) is 5.94. The van der Waals surface area contributed by atoms with Gasteiger partial charge in [0.1, 0.15) is 12.3 Å². The lowest BCUT2D eigenvalue weighted by molar-refractivity contribution is -0.139. The second-order valence-corrected chi connectivity index (χ2v) is 6.72. The van der Waals surface area contributed by atoms with Crippen molar-refractivity contribution in [3.63, 3.8) is 0 Å². The zero-order chi connectivity index (χ0) is 20.8. The van der Waals surface area contributed by atoms with Crippen molar-refractivity contribution in [1.82, 2.24) is 0 Å². The van der Waals surface area contributed by atoms with Crippen LogP contribution in [0.15, 0.2) is 78.0 Å². The topological polar surface area (TPSA) is 66.4 Å². The highest BCUT2D eigenvalue weighted by Crippen LogP contribution is 2.33. The molecule has 0 N–H and O–H groups in total. The van der Waals surface area contributed by atoms with Crippen LogP contribution in [0, 0.1) is 0 Å². The molecule has 1 aliphatic heterocycles. The molecule has 3 aromatic rings. The Hall–Kier alpha value is -3.80. The molecule has 30 heavy (non-hydrogen) atoms. The molecule has 0 radical (unpaired) electrons. The highest BCUT2D eigenvalue weighted by atomic mass is 16.7. The van der Waals surface area contributed by atoms with Crippen molar-refractivity contribution in [3.05, 3.63) is 95.1 Å². The van der Waals surface area contributed by atoms with Gasteiger partial charge in [0, 0.05) is 11.1 Å². The van der Waals surface area contributed by atoms with Gasteiger partial charge in [-0.15, -0.1) is 0 Å². The maximum Gasteiger partial charge on any atom is 0.309 e. The summed E-state index contributed by atoms with van der Waals surface area (Å²) in [6.45, 7) is 0.526. The number of hydrogen-bond donors (Lipinski definition) is 0. The van der Waals surface area contributed by atoms with Crippen molar-refractivity contribution in [2.45, 2.75) is 13.0 Å². The summed E-state index contributed by atoms with van der Waals surface area (Å²) in [6.07, 6.45) is 0.248. The van der Waals surface area contributed by atoms with Gasteiger partial charge >= 0.3 is 5.97 Å². The van der Waals surface area contributed by atoms with Gasteiger partial charge in [-0.2, -0.15) is 0 Å². The van der Waals surface area contributed by atoms with Crippen LogP contribution in [0.25, 0.3) is 0 Å². The molecular formula is C24H21NO5. The summed E-state index contributed by atoms with van der Waals surface area (Å²) >= 11 is 0. The highest BCUT2D eigenvalue weighted by molar-refractivity contribution is 6.12. The molecule has 1 heterocycles. The molecule has 0 spiro atoms. The third kappa shape index (κ3) is 4.60. The van der Waals surface area contributed by atoms with E-state index in [9.17, 15) is 4.79 Å². The zero-order valence-corrected chi connectivity index (χ0v) is 16.5. The van der Waals surface area contributed by atoms with E-state index in [-0.39, 0.29) is 19.2 Å². The number of carbonyl (C=O) groups excluding carboxylic acids is 1. The number of hydrogen-bond acceptors (Lipinski definition) is 6. The van der Waals surface area contributed by atoms with Crippen LogP contribution in [0.5, 0.6) is 11.5 Å². The molecule has 0 fully saturated rings. The number of methoxy groups -OCH3 is 1. The van der Waals surface area contributed by atoms with Crippen LogP contribution < -0.4 is 9.47 Å². The van der Waals surface area contributed by atoms with Crippen LogP contribution in [-0.4, -0.2) is 25.6 Å². The standard InChI is InChI=1S/C24H21NO5/c1-27-23(26)13-17-7-9-18(10-8-17)15-30-25-24(19-5-3-2-4-6-19)20-11-12-21-22(14-20)29-16-28-21/h2-12,14H,13,15-16H2,1H3/b25-24+. The van der Waals surface area contributed by atoms with Gasteiger partial charge in [0.15, 0.2) is 11.5 Å². The summed E-state index contributed by atoms with van der Waals surface area (Å²) in [7, 11) is 1.38. The van der Waals surface area contributed by atoms with E-state index in [1.54, 1.807) is 0 Å². The highest BCUT2D eigenvalue weighted by Gasteiger charge is 2.16. The van der Waals surface area contributed by atoms with Crippen molar-refractivity contribution in [3.8, 4) is 11.5 Å². The Labute approximate surface area is 174 Å². The fourth-order valence-electron chi connectivity index (χ4n) is 3.08. The summed E-state index contributed by atoms with van der Waals surface area (Å²) in [4.78, 5) is 17.0. The lowest BCUT2D eigenvalue weighted by atomic mass is 10.0. The summed E-state index contributed by atoms with van der Waals surface area (Å²) in [5.41, 5.74) is 4.35. The van der Waals surface area contributed by atoms with E-state index < -0.39 is 0 Å². The van der Waals surface area contributed by atoms with Crippen molar-refractivity contribution >= 4 is 11.7 Å². The van der Waals surface area contributed by atoms with E-state index in [2.05, 4.69) is 9.89 Å². The number of ether oxygens (including phenoxy) is 3. The molecule has 4 rings (SSSR count). The summed E-state index contributed by atoms with van der Waals surface area (Å²) < 4.78 is 15.6.